The Kier molecular flexibility index (Phi) is 3.95. The minimum absolute atomic E-state index is 0.0793. The molecule has 3 aromatic rings. The summed E-state index contributed by atoms with van der Waals surface area (Å²) in [5.41, 5.74) is -0.338. The summed E-state index contributed by atoms with van der Waals surface area (Å²) in [6, 6.07) is 12.2. The van der Waals surface area contributed by atoms with Crippen LogP contribution in [-0.2, 0) is 10.0 Å². The van der Waals surface area contributed by atoms with Gasteiger partial charge in [0.1, 0.15) is 11.6 Å². The Balaban J connectivity index is 2.14. The summed E-state index contributed by atoms with van der Waals surface area (Å²) >= 11 is 6.11. The first-order chi connectivity index (χ1) is 10.9. The Morgan fingerprint density at radius 1 is 0.957 bits per heavy atom. The molecule has 0 heterocycles. The second kappa shape index (κ2) is 5.79. The zero-order chi connectivity index (χ0) is 16.6. The molecule has 0 saturated carbocycles. The van der Waals surface area contributed by atoms with E-state index in [-0.39, 0.29) is 15.6 Å². The molecule has 0 aromatic heterocycles. The molecule has 0 atom stereocenters. The summed E-state index contributed by atoms with van der Waals surface area (Å²) in [7, 11) is -4.09. The molecular weight excluding hydrogens is 344 g/mol. The third-order valence-electron chi connectivity index (χ3n) is 3.28. The van der Waals surface area contributed by atoms with Crippen LogP contribution in [0.4, 0.5) is 14.5 Å². The lowest BCUT2D eigenvalue weighted by Gasteiger charge is -2.12. The summed E-state index contributed by atoms with van der Waals surface area (Å²) in [5, 5.41) is 1.25. The fourth-order valence-corrected chi connectivity index (χ4v) is 3.92. The van der Waals surface area contributed by atoms with Crippen molar-refractivity contribution in [3.8, 4) is 0 Å². The second-order valence-corrected chi connectivity index (χ2v) is 6.88. The average Bonchev–Trinajstić information content (AvgIpc) is 2.50. The van der Waals surface area contributed by atoms with Gasteiger partial charge in [-0.2, -0.15) is 0 Å². The zero-order valence-electron chi connectivity index (χ0n) is 11.6. The van der Waals surface area contributed by atoms with Gasteiger partial charge in [0.25, 0.3) is 10.0 Å². The van der Waals surface area contributed by atoms with E-state index in [0.29, 0.717) is 16.8 Å². The van der Waals surface area contributed by atoms with Crippen molar-refractivity contribution < 1.29 is 17.2 Å². The molecule has 118 valence electrons. The number of fused-ring (bicyclic) bond motifs is 1. The number of hydrogen-bond acceptors (Lipinski definition) is 2. The lowest BCUT2D eigenvalue weighted by molar-refractivity contribution is 0.583. The van der Waals surface area contributed by atoms with Gasteiger partial charge >= 0.3 is 0 Å². The van der Waals surface area contributed by atoms with Crippen molar-refractivity contribution in [2.45, 2.75) is 4.90 Å². The molecule has 0 unspecified atom stereocenters. The minimum atomic E-state index is -4.09. The van der Waals surface area contributed by atoms with Gasteiger partial charge in [-0.1, -0.05) is 35.9 Å². The van der Waals surface area contributed by atoms with Crippen LogP contribution in [0.1, 0.15) is 0 Å². The fourth-order valence-electron chi connectivity index (χ4n) is 2.26. The van der Waals surface area contributed by atoms with E-state index < -0.39 is 21.7 Å². The topological polar surface area (TPSA) is 46.2 Å². The standard InChI is InChI=1S/C16H10ClF2NO2S/c17-12-5-1-3-10-4-2-6-15(16(10)12)23(21,22)20-14-8-7-11(18)9-13(14)19/h1-9,20H. The molecule has 0 fully saturated rings. The van der Waals surface area contributed by atoms with Crippen molar-refractivity contribution in [3.63, 3.8) is 0 Å². The summed E-state index contributed by atoms with van der Waals surface area (Å²) in [6.07, 6.45) is 0. The molecule has 23 heavy (non-hydrogen) atoms. The third-order valence-corrected chi connectivity index (χ3v) is 5.00. The monoisotopic (exact) mass is 353 g/mol. The van der Waals surface area contributed by atoms with Crippen LogP contribution >= 0.6 is 11.6 Å². The van der Waals surface area contributed by atoms with Gasteiger partial charge in [-0.15, -0.1) is 0 Å². The molecule has 0 aliphatic rings. The van der Waals surface area contributed by atoms with E-state index in [2.05, 4.69) is 4.72 Å². The molecule has 3 rings (SSSR count). The van der Waals surface area contributed by atoms with E-state index >= 15 is 0 Å². The maximum atomic E-state index is 13.7. The molecule has 0 aliphatic carbocycles. The molecule has 0 amide bonds. The van der Waals surface area contributed by atoms with Crippen molar-refractivity contribution in [2.75, 3.05) is 4.72 Å². The number of sulfonamides is 1. The number of hydrogen-bond donors (Lipinski definition) is 1. The summed E-state index contributed by atoms with van der Waals surface area (Å²) in [4.78, 5) is -0.0793. The zero-order valence-corrected chi connectivity index (χ0v) is 13.1. The van der Waals surface area contributed by atoms with Crippen molar-refractivity contribution >= 4 is 38.1 Å². The smallest absolute Gasteiger partial charge is 0.262 e. The van der Waals surface area contributed by atoms with Crippen LogP contribution in [0.15, 0.2) is 59.5 Å². The molecule has 7 heteroatoms. The lowest BCUT2D eigenvalue weighted by Crippen LogP contribution is -2.14. The van der Waals surface area contributed by atoms with E-state index in [1.807, 2.05) is 0 Å². The number of benzene rings is 3. The predicted octanol–water partition coefficient (Wildman–Crippen LogP) is 4.57. The highest BCUT2D eigenvalue weighted by Gasteiger charge is 2.20. The quantitative estimate of drug-likeness (QED) is 0.749. The van der Waals surface area contributed by atoms with Crippen molar-refractivity contribution in [1.82, 2.24) is 0 Å². The minimum Gasteiger partial charge on any atom is -0.277 e. The van der Waals surface area contributed by atoms with Crippen LogP contribution in [0.5, 0.6) is 0 Å². The largest absolute Gasteiger partial charge is 0.277 e. The van der Waals surface area contributed by atoms with E-state index in [9.17, 15) is 17.2 Å². The SMILES string of the molecule is O=S(=O)(Nc1ccc(F)cc1F)c1cccc2cccc(Cl)c12. The van der Waals surface area contributed by atoms with Crippen LogP contribution < -0.4 is 4.72 Å². The van der Waals surface area contributed by atoms with Gasteiger partial charge in [0.05, 0.1) is 10.6 Å². The second-order valence-electron chi connectivity index (χ2n) is 4.82. The third kappa shape index (κ3) is 3.00. The van der Waals surface area contributed by atoms with Gasteiger partial charge in [0.2, 0.25) is 0 Å². The molecule has 0 spiro atoms. The Labute approximate surface area is 136 Å². The molecule has 0 bridgehead atoms. The first kappa shape index (κ1) is 15.7. The van der Waals surface area contributed by atoms with Gasteiger partial charge < -0.3 is 0 Å². The van der Waals surface area contributed by atoms with Gasteiger partial charge in [0.15, 0.2) is 0 Å². The Morgan fingerprint density at radius 3 is 2.35 bits per heavy atom. The normalized spacial score (nSPS) is 11.6. The fraction of sp³-hybridized carbons (Fsp3) is 0. The molecule has 0 radical (unpaired) electrons. The van der Waals surface area contributed by atoms with Crippen molar-refractivity contribution in [3.05, 3.63) is 71.3 Å². The molecule has 0 saturated heterocycles. The van der Waals surface area contributed by atoms with Crippen LogP contribution in [0, 0.1) is 11.6 Å². The molecule has 3 aromatic carbocycles. The van der Waals surface area contributed by atoms with Crippen molar-refractivity contribution in [1.29, 1.82) is 0 Å². The van der Waals surface area contributed by atoms with Crippen LogP contribution in [0.2, 0.25) is 5.02 Å². The van der Waals surface area contributed by atoms with Gasteiger partial charge in [-0.3, -0.25) is 4.72 Å². The number of rotatable bonds is 3. The van der Waals surface area contributed by atoms with Crippen LogP contribution in [0.25, 0.3) is 10.8 Å². The number of nitrogens with one attached hydrogen (secondary N) is 1. The summed E-state index contributed by atoms with van der Waals surface area (Å²) < 4.78 is 53.9. The molecule has 1 N–H and O–H groups in total. The maximum Gasteiger partial charge on any atom is 0.262 e. The Hall–Kier alpha value is -2.18. The van der Waals surface area contributed by atoms with E-state index in [1.54, 1.807) is 30.3 Å². The molecule has 3 nitrogen and oxygen atoms in total. The highest BCUT2D eigenvalue weighted by atomic mass is 35.5. The average molecular weight is 354 g/mol. The Morgan fingerprint density at radius 2 is 1.65 bits per heavy atom. The van der Waals surface area contributed by atoms with Gasteiger partial charge in [-0.05, 0) is 29.7 Å². The summed E-state index contributed by atoms with van der Waals surface area (Å²) in [5.74, 6) is -1.79. The highest BCUT2D eigenvalue weighted by Crippen LogP contribution is 2.31. The van der Waals surface area contributed by atoms with E-state index in [0.717, 1.165) is 12.1 Å². The number of anilines is 1. The van der Waals surface area contributed by atoms with E-state index in [1.165, 1.54) is 6.07 Å². The maximum absolute atomic E-state index is 13.7. The Bertz CT molecular complexity index is 1000. The molecule has 0 aliphatic heterocycles. The lowest BCUT2D eigenvalue weighted by atomic mass is 10.1. The van der Waals surface area contributed by atoms with Crippen molar-refractivity contribution in [2.24, 2.45) is 0 Å². The number of halogens is 3. The first-order valence-electron chi connectivity index (χ1n) is 6.53. The van der Waals surface area contributed by atoms with Crippen LogP contribution in [-0.4, -0.2) is 8.42 Å². The molecular formula is C16H10ClF2NO2S. The highest BCUT2D eigenvalue weighted by molar-refractivity contribution is 7.93. The van der Waals surface area contributed by atoms with Crippen LogP contribution in [0.3, 0.4) is 0 Å². The van der Waals surface area contributed by atoms with Gasteiger partial charge in [0, 0.05) is 16.5 Å². The predicted molar refractivity (Wildman–Crippen MR) is 86.1 cm³/mol. The first-order valence-corrected chi connectivity index (χ1v) is 8.40. The van der Waals surface area contributed by atoms with E-state index in [4.69, 9.17) is 11.6 Å². The summed E-state index contributed by atoms with van der Waals surface area (Å²) in [6.45, 7) is 0. The van der Waals surface area contributed by atoms with Gasteiger partial charge in [-0.25, -0.2) is 17.2 Å².